The number of pyridine rings is 1. The number of amides is 1. The summed E-state index contributed by atoms with van der Waals surface area (Å²) in [6, 6.07) is 4.38. The predicted molar refractivity (Wildman–Crippen MR) is 101 cm³/mol. The molecule has 1 aromatic carbocycles. The Hall–Kier alpha value is -3.23. The zero-order valence-corrected chi connectivity index (χ0v) is 15.1. The second-order valence-corrected chi connectivity index (χ2v) is 7.05. The van der Waals surface area contributed by atoms with Gasteiger partial charge in [0.15, 0.2) is 0 Å². The first-order chi connectivity index (χ1) is 13.4. The molecule has 1 heterocycles. The number of fused-ring (bicyclic) bond motifs is 1. The Labute approximate surface area is 159 Å². The number of aromatic nitrogens is 1. The summed E-state index contributed by atoms with van der Waals surface area (Å²) >= 11 is 0. The first kappa shape index (κ1) is 19.5. The summed E-state index contributed by atoms with van der Waals surface area (Å²) < 4.78 is 0. The van der Waals surface area contributed by atoms with E-state index in [1.165, 1.54) is 18.2 Å². The van der Waals surface area contributed by atoms with Crippen molar-refractivity contribution < 1.29 is 19.6 Å². The number of carbonyl (C=O) groups excluding carboxylic acids is 1. The van der Waals surface area contributed by atoms with Crippen LogP contribution < -0.4 is 10.9 Å². The third-order valence-corrected chi connectivity index (χ3v) is 5.18. The van der Waals surface area contributed by atoms with Gasteiger partial charge in [-0.1, -0.05) is 25.7 Å². The van der Waals surface area contributed by atoms with Crippen LogP contribution in [0, 0.1) is 16.0 Å². The van der Waals surface area contributed by atoms with Crippen LogP contribution >= 0.6 is 0 Å². The maximum absolute atomic E-state index is 12.9. The summed E-state index contributed by atoms with van der Waals surface area (Å²) in [5, 5.41) is 23.6. The molecule has 1 aromatic heterocycles. The third-order valence-electron chi connectivity index (χ3n) is 5.18. The van der Waals surface area contributed by atoms with Gasteiger partial charge in [0.25, 0.3) is 11.6 Å². The van der Waals surface area contributed by atoms with Crippen LogP contribution in [0.1, 0.15) is 48.9 Å². The van der Waals surface area contributed by atoms with Crippen molar-refractivity contribution in [2.75, 3.05) is 0 Å². The largest absolute Gasteiger partial charge is 0.481 e. The molecule has 3 rings (SSSR count). The van der Waals surface area contributed by atoms with Crippen molar-refractivity contribution >= 4 is 28.5 Å². The maximum atomic E-state index is 12.9. The van der Waals surface area contributed by atoms with E-state index in [0.717, 1.165) is 31.7 Å². The van der Waals surface area contributed by atoms with Crippen LogP contribution in [0.15, 0.2) is 29.1 Å². The van der Waals surface area contributed by atoms with E-state index in [1.807, 2.05) is 0 Å². The lowest BCUT2D eigenvalue weighted by atomic mass is 9.86. The molecule has 0 spiro atoms. The standard InChI is InChI=1S/C19H21N3O6/c23-17-10-14(13-9-11(22(27)28)7-8-16(13)20-17)18(24)21-15-6-4-2-1-3-5-12(15)19(25)26/h7-10,12,15H,1-6H2,(H,20,23)(H,21,24)(H,25,26). The van der Waals surface area contributed by atoms with E-state index in [0.29, 0.717) is 18.4 Å². The number of H-pyrrole nitrogens is 1. The number of hydrogen-bond acceptors (Lipinski definition) is 5. The summed E-state index contributed by atoms with van der Waals surface area (Å²) in [5.41, 5.74) is -0.425. The Balaban J connectivity index is 1.97. The van der Waals surface area contributed by atoms with E-state index in [-0.39, 0.29) is 16.6 Å². The number of benzene rings is 1. The summed E-state index contributed by atoms with van der Waals surface area (Å²) in [6.07, 6.45) is 4.53. The Morgan fingerprint density at radius 3 is 2.54 bits per heavy atom. The van der Waals surface area contributed by atoms with Crippen molar-refractivity contribution in [2.24, 2.45) is 5.92 Å². The highest BCUT2D eigenvalue weighted by molar-refractivity contribution is 6.06. The number of aliphatic carboxylic acids is 1. The van der Waals surface area contributed by atoms with Gasteiger partial charge in [-0.2, -0.15) is 0 Å². The first-order valence-corrected chi connectivity index (χ1v) is 9.22. The van der Waals surface area contributed by atoms with Gasteiger partial charge in [-0.3, -0.25) is 24.5 Å². The fourth-order valence-corrected chi connectivity index (χ4v) is 3.74. The average molecular weight is 387 g/mol. The number of non-ortho nitro benzene ring substituents is 1. The molecule has 1 fully saturated rings. The predicted octanol–water partition coefficient (Wildman–Crippen LogP) is 2.59. The molecule has 2 unspecified atom stereocenters. The monoisotopic (exact) mass is 387 g/mol. The zero-order valence-electron chi connectivity index (χ0n) is 15.1. The Morgan fingerprint density at radius 2 is 1.86 bits per heavy atom. The summed E-state index contributed by atoms with van der Waals surface area (Å²) in [6.45, 7) is 0. The first-order valence-electron chi connectivity index (χ1n) is 9.22. The van der Waals surface area contributed by atoms with E-state index in [4.69, 9.17) is 0 Å². The highest BCUT2D eigenvalue weighted by atomic mass is 16.6. The molecule has 9 nitrogen and oxygen atoms in total. The van der Waals surface area contributed by atoms with Crippen LogP contribution in [0.2, 0.25) is 0 Å². The summed E-state index contributed by atoms with van der Waals surface area (Å²) in [7, 11) is 0. The summed E-state index contributed by atoms with van der Waals surface area (Å²) in [4.78, 5) is 49.5. The molecule has 1 saturated carbocycles. The highest BCUT2D eigenvalue weighted by Gasteiger charge is 2.30. The van der Waals surface area contributed by atoms with E-state index < -0.39 is 34.3 Å². The molecule has 1 aliphatic carbocycles. The SMILES string of the molecule is O=C(NC1CCCCCCC1C(=O)O)c1cc(=O)[nH]c2ccc([N+](=O)[O-])cc12. The van der Waals surface area contributed by atoms with Crippen LogP contribution in [-0.4, -0.2) is 32.9 Å². The Bertz CT molecular complexity index is 983. The van der Waals surface area contributed by atoms with E-state index in [1.54, 1.807) is 0 Å². The van der Waals surface area contributed by atoms with Gasteiger partial charge in [-0.05, 0) is 18.9 Å². The number of nitrogens with one attached hydrogen (secondary N) is 2. The van der Waals surface area contributed by atoms with Crippen LogP contribution in [-0.2, 0) is 4.79 Å². The van der Waals surface area contributed by atoms with E-state index in [9.17, 15) is 29.6 Å². The van der Waals surface area contributed by atoms with E-state index in [2.05, 4.69) is 10.3 Å². The van der Waals surface area contributed by atoms with E-state index >= 15 is 0 Å². The number of rotatable bonds is 4. The molecule has 28 heavy (non-hydrogen) atoms. The fourth-order valence-electron chi connectivity index (χ4n) is 3.74. The van der Waals surface area contributed by atoms with Gasteiger partial charge in [0.1, 0.15) is 0 Å². The third kappa shape index (κ3) is 4.19. The average Bonchev–Trinajstić information content (AvgIpc) is 2.62. The van der Waals surface area contributed by atoms with Crippen molar-refractivity contribution in [1.29, 1.82) is 0 Å². The number of carboxylic acid groups (broad SMARTS) is 1. The number of carboxylic acids is 1. The zero-order chi connectivity index (χ0) is 20.3. The number of aromatic amines is 1. The van der Waals surface area contributed by atoms with Gasteiger partial charge in [-0.25, -0.2) is 0 Å². The van der Waals surface area contributed by atoms with Crippen molar-refractivity contribution in [3.63, 3.8) is 0 Å². The summed E-state index contributed by atoms with van der Waals surface area (Å²) in [5.74, 6) is -2.26. The molecular weight excluding hydrogens is 366 g/mol. The number of carbonyl (C=O) groups is 2. The van der Waals surface area contributed by atoms with Gasteiger partial charge in [-0.15, -0.1) is 0 Å². The maximum Gasteiger partial charge on any atom is 0.308 e. The lowest BCUT2D eigenvalue weighted by molar-refractivity contribution is -0.384. The molecule has 9 heteroatoms. The van der Waals surface area contributed by atoms with Gasteiger partial charge in [0.2, 0.25) is 5.56 Å². The van der Waals surface area contributed by atoms with Crippen molar-refractivity contribution in [2.45, 2.75) is 44.6 Å². The quantitative estimate of drug-likeness (QED) is 0.543. The van der Waals surface area contributed by atoms with Crippen molar-refractivity contribution in [3.05, 3.63) is 50.3 Å². The topological polar surface area (TPSA) is 142 Å². The fraction of sp³-hybridized carbons (Fsp3) is 0.421. The molecule has 3 N–H and O–H groups in total. The van der Waals surface area contributed by atoms with Gasteiger partial charge in [0.05, 0.1) is 16.4 Å². The minimum absolute atomic E-state index is 0.00588. The molecule has 1 amide bonds. The smallest absolute Gasteiger partial charge is 0.308 e. The second kappa shape index (κ2) is 8.20. The second-order valence-electron chi connectivity index (χ2n) is 7.05. The molecule has 148 valence electrons. The van der Waals surface area contributed by atoms with Crippen LogP contribution in [0.4, 0.5) is 5.69 Å². The number of nitro groups is 1. The van der Waals surface area contributed by atoms with Gasteiger partial charge >= 0.3 is 5.97 Å². The highest BCUT2D eigenvalue weighted by Crippen LogP contribution is 2.25. The normalized spacial score (nSPS) is 20.1. The molecule has 1 aliphatic rings. The van der Waals surface area contributed by atoms with Crippen LogP contribution in [0.25, 0.3) is 10.9 Å². The molecule has 0 saturated heterocycles. The Kier molecular flexibility index (Phi) is 5.72. The van der Waals surface area contributed by atoms with Crippen LogP contribution in [0.5, 0.6) is 0 Å². The van der Waals surface area contributed by atoms with Gasteiger partial charge in [0, 0.05) is 35.1 Å². The minimum atomic E-state index is -0.960. The number of nitrogens with zero attached hydrogens (tertiary/aromatic N) is 1. The molecule has 2 atom stereocenters. The molecule has 2 aromatic rings. The molecule has 0 aliphatic heterocycles. The number of nitro benzene ring substituents is 1. The van der Waals surface area contributed by atoms with Crippen molar-refractivity contribution in [3.8, 4) is 0 Å². The van der Waals surface area contributed by atoms with Gasteiger partial charge < -0.3 is 15.4 Å². The minimum Gasteiger partial charge on any atom is -0.481 e. The van der Waals surface area contributed by atoms with Crippen molar-refractivity contribution in [1.82, 2.24) is 10.3 Å². The Morgan fingerprint density at radius 1 is 1.14 bits per heavy atom. The lowest BCUT2D eigenvalue weighted by Gasteiger charge is -2.27. The van der Waals surface area contributed by atoms with Crippen LogP contribution in [0.3, 0.4) is 0 Å². The molecule has 0 radical (unpaired) electrons. The molecule has 0 bridgehead atoms. The number of hydrogen-bond donors (Lipinski definition) is 3. The molecular formula is C19H21N3O6. The lowest BCUT2D eigenvalue weighted by Crippen LogP contribution is -2.44.